The molecule has 0 amide bonds. The lowest BCUT2D eigenvalue weighted by molar-refractivity contribution is -0.142. The van der Waals surface area contributed by atoms with Gasteiger partial charge in [0.1, 0.15) is 19.5 Å². The summed E-state index contributed by atoms with van der Waals surface area (Å²) >= 11 is 0. The summed E-state index contributed by atoms with van der Waals surface area (Å²) in [6, 6.07) is 9.52. The summed E-state index contributed by atoms with van der Waals surface area (Å²) in [7, 11) is 0. The first-order chi connectivity index (χ1) is 8.27. The lowest BCUT2D eigenvalue weighted by Gasteiger charge is -2.05. The van der Waals surface area contributed by atoms with Crippen molar-refractivity contribution >= 4 is 5.97 Å². The van der Waals surface area contributed by atoms with E-state index in [2.05, 4.69) is 10.2 Å². The van der Waals surface area contributed by atoms with Crippen LogP contribution in [0, 0.1) is 0 Å². The minimum Gasteiger partial charge on any atom is -0.480 e. The highest BCUT2D eigenvalue weighted by atomic mass is 16.5. The molecule has 1 heterocycles. The Labute approximate surface area is 97.5 Å². The number of carboxylic acid groups (broad SMARTS) is 1. The van der Waals surface area contributed by atoms with Crippen LogP contribution < -0.4 is 0 Å². The fraction of sp³-hybridized carbons (Fsp3) is 0.182. The number of nitrogens with zero attached hydrogens (tertiary/aromatic N) is 3. The zero-order valence-corrected chi connectivity index (χ0v) is 8.98. The number of ether oxygens (including phenoxy) is 1. The van der Waals surface area contributed by atoms with Gasteiger partial charge in [0.05, 0.1) is 0 Å². The van der Waals surface area contributed by atoms with Crippen LogP contribution in [0.25, 0.3) is 5.69 Å². The monoisotopic (exact) mass is 233 g/mol. The molecule has 2 rings (SSSR count). The van der Waals surface area contributed by atoms with Crippen molar-refractivity contribution in [3.8, 4) is 5.69 Å². The summed E-state index contributed by atoms with van der Waals surface area (Å²) in [5.74, 6) is -0.437. The van der Waals surface area contributed by atoms with Gasteiger partial charge >= 0.3 is 5.97 Å². The first kappa shape index (κ1) is 11.3. The normalized spacial score (nSPS) is 10.4. The van der Waals surface area contributed by atoms with E-state index >= 15 is 0 Å². The molecule has 0 atom stereocenters. The molecule has 0 spiro atoms. The molecular formula is C11H11N3O3. The Kier molecular flexibility index (Phi) is 3.46. The number of benzene rings is 1. The average molecular weight is 233 g/mol. The molecule has 1 aromatic heterocycles. The SMILES string of the molecule is O=C(O)COCc1nncn1-c1ccccc1. The minimum atomic E-state index is -1.00. The van der Waals surface area contributed by atoms with Crippen molar-refractivity contribution in [3.05, 3.63) is 42.5 Å². The first-order valence-corrected chi connectivity index (χ1v) is 5.01. The predicted molar refractivity (Wildman–Crippen MR) is 58.7 cm³/mol. The van der Waals surface area contributed by atoms with E-state index in [9.17, 15) is 4.79 Å². The second-order valence-electron chi connectivity index (χ2n) is 3.34. The maximum absolute atomic E-state index is 10.3. The molecule has 0 saturated carbocycles. The number of aromatic nitrogens is 3. The standard InChI is InChI=1S/C11H11N3O3/c15-11(16)7-17-6-10-13-12-8-14(10)9-4-2-1-3-5-9/h1-5,8H,6-7H2,(H,15,16). The fourth-order valence-corrected chi connectivity index (χ4v) is 1.39. The smallest absolute Gasteiger partial charge is 0.329 e. The molecule has 0 fully saturated rings. The van der Waals surface area contributed by atoms with Crippen LogP contribution in [-0.2, 0) is 16.1 Å². The number of aliphatic carboxylic acids is 1. The van der Waals surface area contributed by atoms with Gasteiger partial charge in [0.15, 0.2) is 5.82 Å². The molecule has 0 radical (unpaired) electrons. The molecule has 88 valence electrons. The van der Waals surface area contributed by atoms with Crippen molar-refractivity contribution in [2.75, 3.05) is 6.61 Å². The molecule has 0 aliphatic rings. The molecule has 0 aliphatic carbocycles. The highest BCUT2D eigenvalue weighted by molar-refractivity contribution is 5.67. The molecule has 0 bridgehead atoms. The van der Waals surface area contributed by atoms with Gasteiger partial charge in [0.2, 0.25) is 0 Å². The Morgan fingerprint density at radius 2 is 2.12 bits per heavy atom. The third kappa shape index (κ3) is 2.88. The van der Waals surface area contributed by atoms with E-state index in [1.165, 1.54) is 0 Å². The Morgan fingerprint density at radius 1 is 1.35 bits per heavy atom. The van der Waals surface area contributed by atoms with Crippen LogP contribution in [0.5, 0.6) is 0 Å². The fourth-order valence-electron chi connectivity index (χ4n) is 1.39. The number of carbonyl (C=O) groups is 1. The summed E-state index contributed by atoms with van der Waals surface area (Å²) in [4.78, 5) is 10.3. The lowest BCUT2D eigenvalue weighted by atomic mass is 10.3. The zero-order chi connectivity index (χ0) is 12.1. The number of para-hydroxylation sites is 1. The van der Waals surface area contributed by atoms with Crippen molar-refractivity contribution in [1.82, 2.24) is 14.8 Å². The molecule has 0 aliphatic heterocycles. The van der Waals surface area contributed by atoms with Crippen LogP contribution >= 0.6 is 0 Å². The van der Waals surface area contributed by atoms with Gasteiger partial charge in [-0.3, -0.25) is 4.57 Å². The molecule has 6 heteroatoms. The second kappa shape index (κ2) is 5.22. The maximum Gasteiger partial charge on any atom is 0.329 e. The average Bonchev–Trinajstić information content (AvgIpc) is 2.78. The van der Waals surface area contributed by atoms with Gasteiger partial charge in [-0.2, -0.15) is 0 Å². The van der Waals surface area contributed by atoms with E-state index < -0.39 is 5.97 Å². The highest BCUT2D eigenvalue weighted by Crippen LogP contribution is 2.09. The summed E-state index contributed by atoms with van der Waals surface area (Å²) in [6.07, 6.45) is 1.56. The Morgan fingerprint density at radius 3 is 2.82 bits per heavy atom. The van der Waals surface area contributed by atoms with Gasteiger partial charge in [0, 0.05) is 5.69 Å². The molecule has 6 nitrogen and oxygen atoms in total. The summed E-state index contributed by atoms with van der Waals surface area (Å²) in [5.41, 5.74) is 0.909. The Hall–Kier alpha value is -2.21. The van der Waals surface area contributed by atoms with Crippen molar-refractivity contribution in [3.63, 3.8) is 0 Å². The predicted octanol–water partition coefficient (Wildman–Crippen LogP) is 0.868. The minimum absolute atomic E-state index is 0.112. The van der Waals surface area contributed by atoms with Gasteiger partial charge in [-0.15, -0.1) is 10.2 Å². The van der Waals surface area contributed by atoms with Crippen LogP contribution in [0.2, 0.25) is 0 Å². The van der Waals surface area contributed by atoms with Crippen molar-refractivity contribution in [2.24, 2.45) is 0 Å². The molecule has 0 unspecified atom stereocenters. The highest BCUT2D eigenvalue weighted by Gasteiger charge is 2.06. The van der Waals surface area contributed by atoms with Crippen LogP contribution in [0.3, 0.4) is 0 Å². The third-order valence-corrected chi connectivity index (χ3v) is 2.11. The molecule has 1 aromatic carbocycles. The topological polar surface area (TPSA) is 77.2 Å². The number of hydrogen-bond donors (Lipinski definition) is 1. The molecule has 0 saturated heterocycles. The lowest BCUT2D eigenvalue weighted by Crippen LogP contribution is -2.09. The van der Waals surface area contributed by atoms with Gasteiger partial charge in [0.25, 0.3) is 0 Å². The van der Waals surface area contributed by atoms with Crippen LogP contribution in [-0.4, -0.2) is 32.4 Å². The van der Waals surface area contributed by atoms with E-state index in [1.54, 1.807) is 10.9 Å². The summed E-state index contributed by atoms with van der Waals surface area (Å²) in [6.45, 7) is -0.233. The van der Waals surface area contributed by atoms with E-state index in [1.807, 2.05) is 30.3 Å². The number of hydrogen-bond acceptors (Lipinski definition) is 4. The van der Waals surface area contributed by atoms with Crippen LogP contribution in [0.1, 0.15) is 5.82 Å². The van der Waals surface area contributed by atoms with Crippen LogP contribution in [0.15, 0.2) is 36.7 Å². The van der Waals surface area contributed by atoms with Crippen molar-refractivity contribution in [1.29, 1.82) is 0 Å². The van der Waals surface area contributed by atoms with E-state index in [0.29, 0.717) is 5.82 Å². The van der Waals surface area contributed by atoms with E-state index in [0.717, 1.165) is 5.69 Å². The number of rotatable bonds is 5. The summed E-state index contributed by atoms with van der Waals surface area (Å²) < 4.78 is 6.73. The largest absolute Gasteiger partial charge is 0.480 e. The van der Waals surface area contributed by atoms with E-state index in [4.69, 9.17) is 9.84 Å². The van der Waals surface area contributed by atoms with Gasteiger partial charge in [-0.05, 0) is 12.1 Å². The first-order valence-electron chi connectivity index (χ1n) is 5.01. The molecular weight excluding hydrogens is 222 g/mol. The van der Waals surface area contributed by atoms with Gasteiger partial charge in [-0.1, -0.05) is 18.2 Å². The maximum atomic E-state index is 10.3. The van der Waals surface area contributed by atoms with Crippen molar-refractivity contribution < 1.29 is 14.6 Å². The zero-order valence-electron chi connectivity index (χ0n) is 8.98. The van der Waals surface area contributed by atoms with E-state index in [-0.39, 0.29) is 13.2 Å². The van der Waals surface area contributed by atoms with Gasteiger partial charge < -0.3 is 9.84 Å². The molecule has 17 heavy (non-hydrogen) atoms. The number of carboxylic acids is 1. The quantitative estimate of drug-likeness (QED) is 0.829. The Balaban J connectivity index is 2.10. The third-order valence-electron chi connectivity index (χ3n) is 2.11. The van der Waals surface area contributed by atoms with Crippen LogP contribution in [0.4, 0.5) is 0 Å². The molecule has 2 aromatic rings. The summed E-state index contributed by atoms with van der Waals surface area (Å²) in [5, 5.41) is 16.1. The second-order valence-corrected chi connectivity index (χ2v) is 3.34. The van der Waals surface area contributed by atoms with Crippen molar-refractivity contribution in [2.45, 2.75) is 6.61 Å². The Bertz CT molecular complexity index is 496. The van der Waals surface area contributed by atoms with Gasteiger partial charge in [-0.25, -0.2) is 4.79 Å². The molecule has 1 N–H and O–H groups in total.